The summed E-state index contributed by atoms with van der Waals surface area (Å²) in [6, 6.07) is 17.8. The molecule has 2 aromatic carbocycles. The first kappa shape index (κ1) is 20.0. The van der Waals surface area contributed by atoms with Crippen molar-refractivity contribution in [3.8, 4) is 0 Å². The van der Waals surface area contributed by atoms with E-state index >= 15 is 0 Å². The van der Waals surface area contributed by atoms with Crippen molar-refractivity contribution < 1.29 is 4.79 Å². The van der Waals surface area contributed by atoms with Gasteiger partial charge in [-0.2, -0.15) is 0 Å². The maximum atomic E-state index is 12.7. The van der Waals surface area contributed by atoms with E-state index in [9.17, 15) is 4.79 Å². The van der Waals surface area contributed by atoms with Crippen molar-refractivity contribution in [3.63, 3.8) is 0 Å². The van der Waals surface area contributed by atoms with E-state index in [0.717, 1.165) is 22.9 Å². The van der Waals surface area contributed by atoms with Crippen LogP contribution in [0.5, 0.6) is 0 Å². The van der Waals surface area contributed by atoms with Gasteiger partial charge >= 0.3 is 0 Å². The lowest BCUT2D eigenvalue weighted by Crippen LogP contribution is -2.45. The van der Waals surface area contributed by atoms with Crippen molar-refractivity contribution in [2.75, 3.05) is 13.1 Å². The molecule has 0 bridgehead atoms. The zero-order chi connectivity index (χ0) is 17.6. The molecule has 1 heterocycles. The van der Waals surface area contributed by atoms with Gasteiger partial charge in [0.2, 0.25) is 5.91 Å². The van der Waals surface area contributed by atoms with E-state index in [1.54, 1.807) is 0 Å². The van der Waals surface area contributed by atoms with Crippen molar-refractivity contribution >= 4 is 29.2 Å². The number of nitrogens with zero attached hydrogens (tertiary/aromatic N) is 1. The Morgan fingerprint density at radius 3 is 2.54 bits per heavy atom. The lowest BCUT2D eigenvalue weighted by Gasteiger charge is -2.24. The maximum absolute atomic E-state index is 12.7. The summed E-state index contributed by atoms with van der Waals surface area (Å²) in [7, 11) is 0. The van der Waals surface area contributed by atoms with Crippen LogP contribution in [-0.4, -0.2) is 34.9 Å². The molecular weight excluding hydrogens is 346 g/mol. The topological polar surface area (TPSA) is 62.1 Å². The predicted octanol–water partition coefficient (Wildman–Crippen LogP) is 3.55. The van der Waals surface area contributed by atoms with E-state index in [1.807, 2.05) is 54.4 Å². The number of amides is 1. The Morgan fingerprint density at radius 1 is 1.12 bits per heavy atom. The number of carbonyl (C=O) groups is 1. The zero-order valence-electron chi connectivity index (χ0n) is 15.0. The summed E-state index contributed by atoms with van der Waals surface area (Å²) in [5.41, 5.74) is 9.65. The summed E-state index contributed by atoms with van der Waals surface area (Å²) in [6.07, 6.45) is 3.35. The van der Waals surface area contributed by atoms with Crippen LogP contribution in [0.1, 0.15) is 18.1 Å². The Labute approximate surface area is 160 Å². The van der Waals surface area contributed by atoms with Crippen LogP contribution in [0.4, 0.5) is 0 Å². The zero-order valence-corrected chi connectivity index (χ0v) is 15.8. The van der Waals surface area contributed by atoms with Crippen LogP contribution in [0.3, 0.4) is 0 Å². The van der Waals surface area contributed by atoms with Gasteiger partial charge in [0.05, 0.1) is 6.04 Å². The van der Waals surface area contributed by atoms with E-state index in [-0.39, 0.29) is 18.3 Å². The minimum Gasteiger partial charge on any atom is -0.361 e. The Kier molecular flexibility index (Phi) is 7.25. The SMILES string of the molecule is CCN(CCc1ccccc1)C(=O)[C@@H](N)Cc1c[nH]c2ccccc12.Cl. The number of rotatable bonds is 7. The number of nitrogens with two attached hydrogens (primary N) is 1. The molecule has 3 N–H and O–H groups in total. The third-order valence-corrected chi connectivity index (χ3v) is 4.64. The molecule has 0 saturated carbocycles. The fourth-order valence-corrected chi connectivity index (χ4v) is 3.19. The van der Waals surface area contributed by atoms with Crippen molar-refractivity contribution in [2.45, 2.75) is 25.8 Å². The van der Waals surface area contributed by atoms with E-state index in [2.05, 4.69) is 23.2 Å². The van der Waals surface area contributed by atoms with Gasteiger partial charge in [0, 0.05) is 30.2 Å². The third-order valence-electron chi connectivity index (χ3n) is 4.64. The molecule has 1 amide bonds. The molecule has 0 fully saturated rings. The summed E-state index contributed by atoms with van der Waals surface area (Å²) in [5, 5.41) is 1.14. The minimum atomic E-state index is -0.519. The highest BCUT2D eigenvalue weighted by Crippen LogP contribution is 2.19. The first-order valence-electron chi connectivity index (χ1n) is 8.82. The number of hydrogen-bond acceptors (Lipinski definition) is 2. The number of para-hydroxylation sites is 1. The van der Waals surface area contributed by atoms with Gasteiger partial charge in [-0.15, -0.1) is 12.4 Å². The molecule has 138 valence electrons. The lowest BCUT2D eigenvalue weighted by molar-refractivity contribution is -0.132. The van der Waals surface area contributed by atoms with Crippen molar-refractivity contribution in [1.82, 2.24) is 9.88 Å². The summed E-state index contributed by atoms with van der Waals surface area (Å²) < 4.78 is 0. The first-order chi connectivity index (χ1) is 12.2. The molecule has 0 aliphatic rings. The van der Waals surface area contributed by atoms with Crippen LogP contribution >= 0.6 is 12.4 Å². The molecule has 4 nitrogen and oxygen atoms in total. The van der Waals surface area contributed by atoms with E-state index in [0.29, 0.717) is 19.5 Å². The standard InChI is InChI=1S/C21H25N3O.ClH/c1-2-24(13-12-16-8-4-3-5-9-16)21(25)19(22)14-17-15-23-20-11-7-6-10-18(17)20;/h3-11,15,19,23H,2,12-14,22H2,1H3;1H/t19-;/m0./s1. The van der Waals surface area contributed by atoms with Gasteiger partial charge in [-0.05, 0) is 37.0 Å². The molecule has 0 aliphatic carbocycles. The summed E-state index contributed by atoms with van der Waals surface area (Å²) in [6.45, 7) is 3.37. The Bertz CT molecular complexity index is 831. The highest BCUT2D eigenvalue weighted by molar-refractivity contribution is 5.86. The molecule has 1 aromatic heterocycles. The molecule has 0 radical (unpaired) electrons. The lowest BCUT2D eigenvalue weighted by atomic mass is 10.0. The second-order valence-electron chi connectivity index (χ2n) is 6.32. The second kappa shape index (κ2) is 9.41. The van der Waals surface area contributed by atoms with E-state index in [1.165, 1.54) is 5.56 Å². The second-order valence-corrected chi connectivity index (χ2v) is 6.32. The monoisotopic (exact) mass is 371 g/mol. The van der Waals surface area contributed by atoms with Crippen molar-refractivity contribution in [3.05, 3.63) is 71.9 Å². The van der Waals surface area contributed by atoms with Gasteiger partial charge in [-0.1, -0.05) is 48.5 Å². The first-order valence-corrected chi connectivity index (χ1v) is 8.82. The van der Waals surface area contributed by atoms with Crippen LogP contribution in [0.15, 0.2) is 60.8 Å². The molecular formula is C21H26ClN3O. The van der Waals surface area contributed by atoms with Crippen LogP contribution in [0, 0.1) is 0 Å². The smallest absolute Gasteiger partial charge is 0.239 e. The van der Waals surface area contributed by atoms with Gasteiger partial charge in [-0.3, -0.25) is 4.79 Å². The fourth-order valence-electron chi connectivity index (χ4n) is 3.19. The normalized spacial score (nSPS) is 11.8. The number of H-pyrrole nitrogens is 1. The highest BCUT2D eigenvalue weighted by atomic mass is 35.5. The maximum Gasteiger partial charge on any atom is 0.239 e. The Balaban J connectivity index is 0.00000243. The average molecular weight is 372 g/mol. The number of aromatic nitrogens is 1. The Hall–Kier alpha value is -2.30. The molecule has 0 spiro atoms. The number of benzene rings is 2. The van der Waals surface area contributed by atoms with Gasteiger partial charge < -0.3 is 15.6 Å². The summed E-state index contributed by atoms with van der Waals surface area (Å²) in [5.74, 6) is 0.0173. The van der Waals surface area contributed by atoms with Crippen LogP contribution < -0.4 is 5.73 Å². The Morgan fingerprint density at radius 2 is 1.81 bits per heavy atom. The van der Waals surface area contributed by atoms with Crippen LogP contribution in [-0.2, 0) is 17.6 Å². The number of halogens is 1. The molecule has 3 rings (SSSR count). The average Bonchev–Trinajstić information content (AvgIpc) is 3.06. The number of aromatic amines is 1. The quantitative estimate of drug-likeness (QED) is 0.667. The largest absolute Gasteiger partial charge is 0.361 e. The van der Waals surface area contributed by atoms with Crippen LogP contribution in [0.2, 0.25) is 0 Å². The predicted molar refractivity (Wildman–Crippen MR) is 110 cm³/mol. The molecule has 0 aliphatic heterocycles. The summed E-state index contributed by atoms with van der Waals surface area (Å²) >= 11 is 0. The van der Waals surface area contributed by atoms with Gasteiger partial charge in [0.15, 0.2) is 0 Å². The molecule has 5 heteroatoms. The number of hydrogen-bond donors (Lipinski definition) is 2. The number of carbonyl (C=O) groups excluding carboxylic acids is 1. The molecule has 3 aromatic rings. The van der Waals surface area contributed by atoms with Crippen molar-refractivity contribution in [2.24, 2.45) is 5.73 Å². The van der Waals surface area contributed by atoms with E-state index in [4.69, 9.17) is 5.73 Å². The molecule has 1 atom stereocenters. The van der Waals surface area contributed by atoms with Gasteiger partial charge in [0.1, 0.15) is 0 Å². The number of nitrogens with one attached hydrogen (secondary N) is 1. The van der Waals surface area contributed by atoms with Crippen molar-refractivity contribution in [1.29, 1.82) is 0 Å². The van der Waals surface area contributed by atoms with Gasteiger partial charge in [0.25, 0.3) is 0 Å². The molecule has 0 saturated heterocycles. The number of likely N-dealkylation sites (N-methyl/N-ethyl adjacent to an activating group) is 1. The third kappa shape index (κ3) is 4.65. The fraction of sp³-hybridized carbons (Fsp3) is 0.286. The number of fused-ring (bicyclic) bond motifs is 1. The highest BCUT2D eigenvalue weighted by Gasteiger charge is 2.21. The van der Waals surface area contributed by atoms with Crippen LogP contribution in [0.25, 0.3) is 10.9 Å². The molecule has 26 heavy (non-hydrogen) atoms. The molecule has 0 unspecified atom stereocenters. The van der Waals surface area contributed by atoms with Gasteiger partial charge in [-0.25, -0.2) is 0 Å². The van der Waals surface area contributed by atoms with E-state index < -0.39 is 6.04 Å². The minimum absolute atomic E-state index is 0. The summed E-state index contributed by atoms with van der Waals surface area (Å²) in [4.78, 5) is 17.8.